The average Bonchev–Trinajstić information content (AvgIpc) is 3.09. The lowest BCUT2D eigenvalue weighted by atomic mass is 9.98. The Balaban J connectivity index is 2.22. The molecule has 1 fully saturated rings. The van der Waals surface area contributed by atoms with Gasteiger partial charge in [-0.3, -0.25) is 0 Å². The van der Waals surface area contributed by atoms with Crippen molar-refractivity contribution in [1.82, 2.24) is 4.57 Å². The molecule has 8 heteroatoms. The number of nitrogen functional groups attached to an aromatic ring is 1. The summed E-state index contributed by atoms with van der Waals surface area (Å²) in [5, 5.41) is 9.41. The SMILES string of the molecule is COC(=O)c1ccc(N2CCC(C)CC2)c(-n2cc(C#N)c(N)c2C(=O)OC)c1. The Bertz CT molecular complexity index is 981. The molecule has 29 heavy (non-hydrogen) atoms. The van der Waals surface area contributed by atoms with Crippen LogP contribution in [0.1, 0.15) is 46.2 Å². The van der Waals surface area contributed by atoms with Crippen molar-refractivity contribution in [3.63, 3.8) is 0 Å². The quantitative estimate of drug-likeness (QED) is 0.791. The van der Waals surface area contributed by atoms with Crippen molar-refractivity contribution in [2.45, 2.75) is 19.8 Å². The molecule has 0 saturated carbocycles. The first kappa shape index (κ1) is 20.3. The number of nitrogens with two attached hydrogens (primary N) is 1. The monoisotopic (exact) mass is 396 g/mol. The molecule has 0 aliphatic carbocycles. The predicted molar refractivity (Wildman–Crippen MR) is 108 cm³/mol. The number of carbonyl (C=O) groups excluding carboxylic acids is 2. The van der Waals surface area contributed by atoms with Crippen LogP contribution in [0.3, 0.4) is 0 Å². The molecular weight excluding hydrogens is 372 g/mol. The maximum absolute atomic E-state index is 12.4. The van der Waals surface area contributed by atoms with Crippen molar-refractivity contribution in [1.29, 1.82) is 5.26 Å². The first-order valence-corrected chi connectivity index (χ1v) is 9.38. The lowest BCUT2D eigenvalue weighted by molar-refractivity contribution is 0.0588. The fourth-order valence-electron chi connectivity index (χ4n) is 3.58. The Morgan fingerprint density at radius 1 is 1.14 bits per heavy atom. The minimum Gasteiger partial charge on any atom is -0.465 e. The van der Waals surface area contributed by atoms with E-state index in [4.69, 9.17) is 15.2 Å². The molecule has 0 amide bonds. The van der Waals surface area contributed by atoms with Crippen molar-refractivity contribution in [2.24, 2.45) is 5.92 Å². The van der Waals surface area contributed by atoms with Gasteiger partial charge in [0.2, 0.25) is 0 Å². The number of rotatable bonds is 4. The standard InChI is InChI=1S/C21H24N4O4/c1-13-6-8-24(9-7-13)16-5-4-14(20(26)28-2)10-17(16)25-12-15(11-22)18(23)19(25)21(27)29-3/h4-5,10,12-13H,6-9,23H2,1-3H3. The van der Waals surface area contributed by atoms with E-state index in [1.165, 1.54) is 25.0 Å². The summed E-state index contributed by atoms with van der Waals surface area (Å²) in [6.45, 7) is 3.92. The van der Waals surface area contributed by atoms with Crippen LogP contribution in [-0.4, -0.2) is 43.8 Å². The lowest BCUT2D eigenvalue weighted by Gasteiger charge is -2.33. The number of anilines is 2. The molecular formula is C21H24N4O4. The van der Waals surface area contributed by atoms with Gasteiger partial charge >= 0.3 is 11.9 Å². The number of esters is 2. The summed E-state index contributed by atoms with van der Waals surface area (Å²) < 4.78 is 11.3. The number of aromatic nitrogens is 1. The highest BCUT2D eigenvalue weighted by molar-refractivity contribution is 5.97. The van der Waals surface area contributed by atoms with Crippen molar-refractivity contribution < 1.29 is 19.1 Å². The maximum atomic E-state index is 12.4. The van der Waals surface area contributed by atoms with E-state index in [-0.39, 0.29) is 16.9 Å². The molecule has 2 N–H and O–H groups in total. The second-order valence-corrected chi connectivity index (χ2v) is 7.14. The summed E-state index contributed by atoms with van der Waals surface area (Å²) >= 11 is 0. The fraction of sp³-hybridized carbons (Fsp3) is 0.381. The summed E-state index contributed by atoms with van der Waals surface area (Å²) in [6, 6.07) is 7.17. The third-order valence-electron chi connectivity index (χ3n) is 5.32. The molecule has 0 radical (unpaired) electrons. The van der Waals surface area contributed by atoms with E-state index in [1.54, 1.807) is 12.1 Å². The molecule has 1 aromatic heterocycles. The fourth-order valence-corrected chi connectivity index (χ4v) is 3.58. The van der Waals surface area contributed by atoms with E-state index in [9.17, 15) is 14.9 Å². The minimum absolute atomic E-state index is 0.0426. The third kappa shape index (κ3) is 3.76. The van der Waals surface area contributed by atoms with Gasteiger partial charge in [0, 0.05) is 19.3 Å². The molecule has 0 unspecified atom stereocenters. The Kier molecular flexibility index (Phi) is 5.78. The van der Waals surface area contributed by atoms with Crippen LogP contribution >= 0.6 is 0 Å². The van der Waals surface area contributed by atoms with E-state index in [2.05, 4.69) is 11.8 Å². The first-order chi connectivity index (χ1) is 13.9. The number of ether oxygens (including phenoxy) is 2. The molecule has 1 aliphatic heterocycles. The second-order valence-electron chi connectivity index (χ2n) is 7.14. The van der Waals surface area contributed by atoms with Gasteiger partial charge < -0.3 is 24.7 Å². The van der Waals surface area contributed by atoms with Crippen LogP contribution in [0.4, 0.5) is 11.4 Å². The number of piperidine rings is 1. The predicted octanol–water partition coefficient (Wildman–Crippen LogP) is 2.74. The van der Waals surface area contributed by atoms with Gasteiger partial charge in [0.15, 0.2) is 5.69 Å². The second kappa shape index (κ2) is 8.27. The van der Waals surface area contributed by atoms with Crippen LogP contribution in [0.5, 0.6) is 0 Å². The molecule has 2 heterocycles. The minimum atomic E-state index is -0.661. The summed E-state index contributed by atoms with van der Waals surface area (Å²) in [5.74, 6) is -0.516. The molecule has 0 spiro atoms. The Hall–Kier alpha value is -3.47. The van der Waals surface area contributed by atoms with Crippen molar-refractivity contribution in [2.75, 3.05) is 37.9 Å². The zero-order valence-electron chi connectivity index (χ0n) is 16.8. The van der Waals surface area contributed by atoms with Crippen LogP contribution in [0, 0.1) is 17.2 Å². The highest BCUT2D eigenvalue weighted by atomic mass is 16.5. The summed E-state index contributed by atoms with van der Waals surface area (Å²) in [6.07, 6.45) is 3.58. The zero-order chi connectivity index (χ0) is 21.1. The number of carbonyl (C=O) groups is 2. The number of nitrogens with zero attached hydrogens (tertiary/aromatic N) is 3. The van der Waals surface area contributed by atoms with Gasteiger partial charge in [-0.15, -0.1) is 0 Å². The van der Waals surface area contributed by atoms with Gasteiger partial charge in [-0.2, -0.15) is 5.26 Å². The molecule has 0 atom stereocenters. The maximum Gasteiger partial charge on any atom is 0.357 e. The smallest absolute Gasteiger partial charge is 0.357 e. The zero-order valence-corrected chi connectivity index (χ0v) is 16.8. The average molecular weight is 396 g/mol. The van der Waals surface area contributed by atoms with E-state index in [0.717, 1.165) is 31.6 Å². The summed E-state index contributed by atoms with van der Waals surface area (Å²) in [4.78, 5) is 26.8. The van der Waals surface area contributed by atoms with Crippen LogP contribution in [-0.2, 0) is 9.47 Å². The highest BCUT2D eigenvalue weighted by Gasteiger charge is 2.26. The normalized spacial score (nSPS) is 14.3. The van der Waals surface area contributed by atoms with E-state index >= 15 is 0 Å². The van der Waals surface area contributed by atoms with Gasteiger partial charge in [-0.25, -0.2) is 9.59 Å². The highest BCUT2D eigenvalue weighted by Crippen LogP contribution is 2.33. The van der Waals surface area contributed by atoms with Gasteiger partial charge in [0.1, 0.15) is 6.07 Å². The van der Waals surface area contributed by atoms with Gasteiger partial charge in [0.25, 0.3) is 0 Å². The Morgan fingerprint density at radius 3 is 2.38 bits per heavy atom. The van der Waals surface area contributed by atoms with Crippen LogP contribution in [0.15, 0.2) is 24.4 Å². The molecule has 0 bridgehead atoms. The largest absolute Gasteiger partial charge is 0.465 e. The Labute approximate surface area is 169 Å². The van der Waals surface area contributed by atoms with E-state index in [0.29, 0.717) is 17.2 Å². The van der Waals surface area contributed by atoms with Gasteiger partial charge in [-0.05, 0) is 37.0 Å². The Morgan fingerprint density at radius 2 is 1.79 bits per heavy atom. The van der Waals surface area contributed by atoms with Crippen LogP contribution < -0.4 is 10.6 Å². The summed E-state index contributed by atoms with van der Waals surface area (Å²) in [5.41, 5.74) is 8.04. The van der Waals surface area contributed by atoms with Crippen molar-refractivity contribution in [3.8, 4) is 11.8 Å². The number of methoxy groups -OCH3 is 2. The number of hydrogen-bond acceptors (Lipinski definition) is 7. The van der Waals surface area contributed by atoms with Crippen molar-refractivity contribution in [3.05, 3.63) is 41.2 Å². The molecule has 1 saturated heterocycles. The van der Waals surface area contributed by atoms with E-state index < -0.39 is 11.9 Å². The topological polar surface area (TPSA) is 111 Å². The number of hydrogen-bond donors (Lipinski definition) is 1. The number of benzene rings is 1. The summed E-state index contributed by atoms with van der Waals surface area (Å²) in [7, 11) is 2.56. The van der Waals surface area contributed by atoms with Gasteiger partial charge in [-0.1, -0.05) is 6.92 Å². The lowest BCUT2D eigenvalue weighted by Crippen LogP contribution is -2.33. The first-order valence-electron chi connectivity index (χ1n) is 9.38. The molecule has 8 nitrogen and oxygen atoms in total. The molecule has 1 aromatic carbocycles. The molecule has 152 valence electrons. The van der Waals surface area contributed by atoms with Crippen molar-refractivity contribution >= 4 is 23.3 Å². The molecule has 1 aliphatic rings. The molecule has 2 aromatic rings. The van der Waals surface area contributed by atoms with Crippen LogP contribution in [0.2, 0.25) is 0 Å². The molecule has 3 rings (SSSR count). The van der Waals surface area contributed by atoms with Crippen LogP contribution in [0.25, 0.3) is 5.69 Å². The number of nitriles is 1. The van der Waals surface area contributed by atoms with Gasteiger partial charge in [0.05, 0.1) is 42.4 Å². The van der Waals surface area contributed by atoms with E-state index in [1.807, 2.05) is 12.1 Å². The third-order valence-corrected chi connectivity index (χ3v) is 5.32.